The summed E-state index contributed by atoms with van der Waals surface area (Å²) in [6.07, 6.45) is 2.12. The van der Waals surface area contributed by atoms with Crippen molar-refractivity contribution in [1.82, 2.24) is 9.80 Å². The molecule has 0 aliphatic heterocycles. The van der Waals surface area contributed by atoms with Gasteiger partial charge in [-0.05, 0) is 36.8 Å². The lowest BCUT2D eigenvalue weighted by Gasteiger charge is -2.31. The molecule has 0 aliphatic rings. The Hall–Kier alpha value is -2.14. The Morgan fingerprint density at radius 2 is 1.74 bits per heavy atom. The van der Waals surface area contributed by atoms with Crippen LogP contribution in [0.1, 0.15) is 50.5 Å². The molecule has 27 heavy (non-hydrogen) atoms. The van der Waals surface area contributed by atoms with Crippen LogP contribution in [0.15, 0.2) is 47.8 Å². The van der Waals surface area contributed by atoms with Gasteiger partial charge < -0.3 is 9.80 Å². The van der Waals surface area contributed by atoms with Gasteiger partial charge in [-0.1, -0.05) is 50.2 Å². The predicted octanol–water partition coefficient (Wildman–Crippen LogP) is 4.70. The molecule has 0 saturated carbocycles. The molecule has 1 aromatic carbocycles. The number of hydrogen-bond donors (Lipinski definition) is 0. The number of nitrogens with zero attached hydrogens (tertiary/aromatic N) is 2. The maximum atomic E-state index is 13.1. The molecular formula is C22H30N2O2S. The highest BCUT2D eigenvalue weighted by atomic mass is 32.1. The average molecular weight is 387 g/mol. The molecule has 0 bridgehead atoms. The van der Waals surface area contributed by atoms with Crippen LogP contribution in [0, 0.1) is 0 Å². The van der Waals surface area contributed by atoms with E-state index in [1.807, 2.05) is 66.6 Å². The summed E-state index contributed by atoms with van der Waals surface area (Å²) in [4.78, 5) is 30.4. The van der Waals surface area contributed by atoms with Crippen molar-refractivity contribution in [1.29, 1.82) is 0 Å². The van der Waals surface area contributed by atoms with Gasteiger partial charge in [-0.2, -0.15) is 0 Å². The van der Waals surface area contributed by atoms with Crippen molar-refractivity contribution in [2.45, 2.75) is 59.2 Å². The van der Waals surface area contributed by atoms with Crippen molar-refractivity contribution < 1.29 is 9.59 Å². The molecule has 1 aromatic heterocycles. The molecule has 5 heteroatoms. The molecule has 0 radical (unpaired) electrons. The molecule has 4 nitrogen and oxygen atoms in total. The molecule has 2 rings (SSSR count). The maximum Gasteiger partial charge on any atom is 0.242 e. The van der Waals surface area contributed by atoms with E-state index in [1.165, 1.54) is 0 Å². The van der Waals surface area contributed by atoms with E-state index < -0.39 is 0 Å². The summed E-state index contributed by atoms with van der Waals surface area (Å²) in [5.74, 6) is 0.0630. The van der Waals surface area contributed by atoms with Crippen molar-refractivity contribution in [2.75, 3.05) is 6.54 Å². The van der Waals surface area contributed by atoms with E-state index in [2.05, 4.69) is 6.92 Å². The van der Waals surface area contributed by atoms with Crippen LogP contribution in [-0.4, -0.2) is 34.2 Å². The second kappa shape index (κ2) is 10.9. The molecule has 2 amide bonds. The van der Waals surface area contributed by atoms with Crippen LogP contribution in [0.4, 0.5) is 0 Å². The Kier molecular flexibility index (Phi) is 8.52. The summed E-state index contributed by atoms with van der Waals surface area (Å²) >= 11 is 1.65. The van der Waals surface area contributed by atoms with Crippen molar-refractivity contribution >= 4 is 23.2 Å². The van der Waals surface area contributed by atoms with E-state index in [0.29, 0.717) is 19.5 Å². The zero-order valence-electron chi connectivity index (χ0n) is 16.6. The number of amides is 2. The van der Waals surface area contributed by atoms with Crippen LogP contribution in [0.5, 0.6) is 0 Å². The van der Waals surface area contributed by atoms with Crippen LogP contribution < -0.4 is 0 Å². The smallest absolute Gasteiger partial charge is 0.242 e. The van der Waals surface area contributed by atoms with Crippen molar-refractivity contribution in [3.05, 3.63) is 58.3 Å². The highest BCUT2D eigenvalue weighted by Gasteiger charge is 2.24. The number of hydrogen-bond acceptors (Lipinski definition) is 3. The van der Waals surface area contributed by atoms with Gasteiger partial charge in [-0.15, -0.1) is 11.3 Å². The molecule has 0 saturated heterocycles. The number of carbonyl (C=O) groups excluding carboxylic acids is 2. The SMILES string of the molecule is CCCC(=O)N(CC(=O)N(Cc1ccccc1)Cc1cccs1)C(C)CC. The van der Waals surface area contributed by atoms with Crippen molar-refractivity contribution in [3.8, 4) is 0 Å². The maximum absolute atomic E-state index is 13.1. The summed E-state index contributed by atoms with van der Waals surface area (Å²) in [5, 5.41) is 2.02. The molecule has 0 spiro atoms. The van der Waals surface area contributed by atoms with Crippen LogP contribution in [-0.2, 0) is 22.7 Å². The molecular weight excluding hydrogens is 356 g/mol. The lowest BCUT2D eigenvalue weighted by molar-refractivity contribution is -0.143. The molecule has 0 fully saturated rings. The van der Waals surface area contributed by atoms with Gasteiger partial charge in [0.15, 0.2) is 0 Å². The summed E-state index contributed by atoms with van der Waals surface area (Å²) in [5.41, 5.74) is 1.09. The van der Waals surface area contributed by atoms with E-state index in [0.717, 1.165) is 23.3 Å². The minimum atomic E-state index is -0.00277. The van der Waals surface area contributed by atoms with E-state index in [9.17, 15) is 9.59 Å². The second-order valence-electron chi connectivity index (χ2n) is 6.84. The summed E-state index contributed by atoms with van der Waals surface area (Å²) in [6.45, 7) is 7.32. The van der Waals surface area contributed by atoms with Gasteiger partial charge in [-0.25, -0.2) is 0 Å². The van der Waals surface area contributed by atoms with Gasteiger partial charge >= 0.3 is 0 Å². The van der Waals surface area contributed by atoms with Gasteiger partial charge in [0.2, 0.25) is 11.8 Å². The van der Waals surface area contributed by atoms with Gasteiger partial charge in [0.05, 0.1) is 6.54 Å². The Labute approximate surface area is 166 Å². The van der Waals surface area contributed by atoms with Crippen LogP contribution >= 0.6 is 11.3 Å². The summed E-state index contributed by atoms with van der Waals surface area (Å²) < 4.78 is 0. The fourth-order valence-electron chi connectivity index (χ4n) is 2.94. The first-order valence-corrected chi connectivity index (χ1v) is 10.6. The van der Waals surface area contributed by atoms with Gasteiger partial charge in [0.25, 0.3) is 0 Å². The van der Waals surface area contributed by atoms with Crippen LogP contribution in [0.3, 0.4) is 0 Å². The third kappa shape index (κ3) is 6.51. The van der Waals surface area contributed by atoms with E-state index in [1.54, 1.807) is 16.2 Å². The first kappa shape index (κ1) is 21.2. The highest BCUT2D eigenvalue weighted by molar-refractivity contribution is 7.09. The average Bonchev–Trinajstić information content (AvgIpc) is 3.19. The summed E-state index contributed by atoms with van der Waals surface area (Å²) in [6, 6.07) is 14.1. The van der Waals surface area contributed by atoms with E-state index in [-0.39, 0.29) is 24.4 Å². The van der Waals surface area contributed by atoms with Crippen molar-refractivity contribution in [3.63, 3.8) is 0 Å². The van der Waals surface area contributed by atoms with E-state index in [4.69, 9.17) is 0 Å². The van der Waals surface area contributed by atoms with Crippen LogP contribution in [0.2, 0.25) is 0 Å². The lowest BCUT2D eigenvalue weighted by Crippen LogP contribution is -2.46. The lowest BCUT2D eigenvalue weighted by atomic mass is 10.1. The zero-order valence-corrected chi connectivity index (χ0v) is 17.4. The molecule has 0 aliphatic carbocycles. The molecule has 1 heterocycles. The Morgan fingerprint density at radius 3 is 2.33 bits per heavy atom. The predicted molar refractivity (Wildman–Crippen MR) is 111 cm³/mol. The van der Waals surface area contributed by atoms with Crippen molar-refractivity contribution in [2.24, 2.45) is 0 Å². The second-order valence-corrected chi connectivity index (χ2v) is 7.88. The largest absolute Gasteiger partial charge is 0.332 e. The minimum Gasteiger partial charge on any atom is -0.332 e. The quantitative estimate of drug-likeness (QED) is 0.594. The van der Waals surface area contributed by atoms with Crippen LogP contribution in [0.25, 0.3) is 0 Å². The number of benzene rings is 1. The number of carbonyl (C=O) groups is 2. The standard InChI is InChI=1S/C22H30N2O2S/c1-4-10-21(25)24(18(3)5-2)17-22(26)23(16-20-13-9-14-27-20)15-19-11-7-6-8-12-19/h6-9,11-14,18H,4-5,10,15-17H2,1-3H3. The zero-order chi connectivity index (χ0) is 19.6. The molecule has 1 atom stereocenters. The Balaban J connectivity index is 2.16. The molecule has 1 unspecified atom stereocenters. The summed E-state index contributed by atoms with van der Waals surface area (Å²) in [7, 11) is 0. The van der Waals surface area contributed by atoms with E-state index >= 15 is 0 Å². The monoisotopic (exact) mass is 386 g/mol. The molecule has 2 aromatic rings. The highest BCUT2D eigenvalue weighted by Crippen LogP contribution is 2.16. The Bertz CT molecular complexity index is 700. The first-order chi connectivity index (χ1) is 13.0. The fraction of sp³-hybridized carbons (Fsp3) is 0.455. The third-order valence-corrected chi connectivity index (χ3v) is 5.57. The fourth-order valence-corrected chi connectivity index (χ4v) is 3.66. The first-order valence-electron chi connectivity index (χ1n) is 9.68. The normalized spacial score (nSPS) is 11.8. The topological polar surface area (TPSA) is 40.6 Å². The molecule has 0 N–H and O–H groups in total. The van der Waals surface area contributed by atoms with Gasteiger partial charge in [-0.3, -0.25) is 9.59 Å². The number of thiophene rings is 1. The third-order valence-electron chi connectivity index (χ3n) is 4.71. The number of rotatable bonds is 10. The van der Waals surface area contributed by atoms with Gasteiger partial charge in [0, 0.05) is 23.9 Å². The minimum absolute atomic E-state index is 0.00277. The van der Waals surface area contributed by atoms with Gasteiger partial charge in [0.1, 0.15) is 6.54 Å². The Morgan fingerprint density at radius 1 is 1.00 bits per heavy atom. The molecule has 146 valence electrons.